The van der Waals surface area contributed by atoms with Crippen molar-refractivity contribution in [2.24, 2.45) is 35.0 Å². The van der Waals surface area contributed by atoms with E-state index in [1.54, 1.807) is 0 Å². The molecule has 0 spiro atoms. The first kappa shape index (κ1) is 21.3. The Labute approximate surface area is 161 Å². The molecule has 0 aliphatic heterocycles. The van der Waals surface area contributed by atoms with Crippen molar-refractivity contribution in [1.29, 1.82) is 0 Å². The predicted molar refractivity (Wildman–Crippen MR) is 110 cm³/mol. The van der Waals surface area contributed by atoms with Crippen LogP contribution < -0.4 is 0 Å². The summed E-state index contributed by atoms with van der Waals surface area (Å²) in [6.45, 7) is 11.7. The third-order valence-electron chi connectivity index (χ3n) is 7.53. The summed E-state index contributed by atoms with van der Waals surface area (Å²) in [5.74, 6) is 3.05. The lowest BCUT2D eigenvalue weighted by atomic mass is 9.65. The van der Waals surface area contributed by atoms with E-state index in [4.69, 9.17) is 11.6 Å². The first-order chi connectivity index (χ1) is 11.7. The highest BCUT2D eigenvalue weighted by molar-refractivity contribution is 6.29. The Morgan fingerprint density at radius 3 is 2.36 bits per heavy atom. The van der Waals surface area contributed by atoms with Crippen molar-refractivity contribution >= 4 is 11.6 Å². The molecule has 0 heterocycles. The zero-order chi connectivity index (χ0) is 18.6. The Hall–Kier alpha value is -0.0100. The quantitative estimate of drug-likeness (QED) is 0.557. The molecule has 2 heteroatoms. The van der Waals surface area contributed by atoms with Gasteiger partial charge in [-0.2, -0.15) is 0 Å². The van der Waals surface area contributed by atoms with Gasteiger partial charge in [0.25, 0.3) is 0 Å². The summed E-state index contributed by atoms with van der Waals surface area (Å²) in [5.41, 5.74) is 0.409. The fourth-order valence-corrected chi connectivity index (χ4v) is 5.57. The second kappa shape index (κ2) is 9.27. The number of rotatable bonds is 4. The van der Waals surface area contributed by atoms with Crippen LogP contribution in [-0.2, 0) is 0 Å². The monoisotopic (exact) mass is 368 g/mol. The van der Waals surface area contributed by atoms with Crippen LogP contribution in [-0.4, -0.2) is 11.2 Å². The number of hydrogen-bond acceptors (Lipinski definition) is 1. The van der Waals surface area contributed by atoms with Gasteiger partial charge in [-0.3, -0.25) is 0 Å². The molecular formula is C23H41ClO. The van der Waals surface area contributed by atoms with E-state index in [1.165, 1.54) is 51.4 Å². The van der Waals surface area contributed by atoms with Gasteiger partial charge in [0.2, 0.25) is 0 Å². The molecule has 0 aromatic heterocycles. The smallest absolute Gasteiger partial charge is 0.0596 e. The molecular weight excluding hydrogens is 328 g/mol. The van der Waals surface area contributed by atoms with Gasteiger partial charge in [-0.25, -0.2) is 0 Å². The number of hydrogen-bond donors (Lipinski definition) is 1. The lowest BCUT2D eigenvalue weighted by molar-refractivity contribution is 0.0292. The Kier molecular flexibility index (Phi) is 7.89. The minimum Gasteiger partial charge on any atom is -0.393 e. The van der Waals surface area contributed by atoms with E-state index in [1.807, 2.05) is 0 Å². The zero-order valence-corrected chi connectivity index (χ0v) is 18.0. The summed E-state index contributed by atoms with van der Waals surface area (Å²) < 4.78 is 0. The van der Waals surface area contributed by atoms with Crippen LogP contribution in [0.3, 0.4) is 0 Å². The molecule has 0 saturated heterocycles. The summed E-state index contributed by atoms with van der Waals surface area (Å²) in [6, 6.07) is 0. The summed E-state index contributed by atoms with van der Waals surface area (Å²) in [6.07, 6.45) is 13.2. The second-order valence-corrected chi connectivity index (χ2v) is 10.4. The Bertz CT molecular complexity index is 439. The summed E-state index contributed by atoms with van der Waals surface area (Å²) in [5, 5.41) is 11.9. The number of allylic oxidation sites excluding steroid dienone is 2. The topological polar surface area (TPSA) is 20.2 Å². The van der Waals surface area contributed by atoms with Gasteiger partial charge in [-0.15, -0.1) is 0 Å². The first-order valence-corrected chi connectivity index (χ1v) is 11.1. The van der Waals surface area contributed by atoms with E-state index < -0.39 is 0 Å². The molecule has 0 amide bonds. The van der Waals surface area contributed by atoms with Crippen LogP contribution in [0.15, 0.2) is 11.1 Å². The molecule has 5 atom stereocenters. The fraction of sp³-hybridized carbons (Fsp3) is 0.913. The number of aliphatic hydroxyl groups is 1. The third-order valence-corrected chi connectivity index (χ3v) is 7.87. The minimum absolute atomic E-state index is 0.129. The molecule has 0 aromatic carbocycles. The van der Waals surface area contributed by atoms with Gasteiger partial charge < -0.3 is 5.11 Å². The average molecular weight is 369 g/mol. The molecule has 1 fully saturated rings. The largest absolute Gasteiger partial charge is 0.393 e. The van der Waals surface area contributed by atoms with Crippen molar-refractivity contribution in [1.82, 2.24) is 0 Å². The molecule has 1 nitrogen and oxygen atoms in total. The van der Waals surface area contributed by atoms with Crippen LogP contribution in [0.1, 0.15) is 92.4 Å². The Balaban J connectivity index is 2.03. The van der Waals surface area contributed by atoms with Gasteiger partial charge >= 0.3 is 0 Å². The maximum absolute atomic E-state index is 10.9. The molecule has 0 radical (unpaired) electrons. The van der Waals surface area contributed by atoms with Crippen LogP contribution >= 0.6 is 11.6 Å². The van der Waals surface area contributed by atoms with Gasteiger partial charge in [0.05, 0.1) is 6.10 Å². The number of halogens is 1. The molecule has 2 aliphatic carbocycles. The van der Waals surface area contributed by atoms with Gasteiger partial charge in [0.15, 0.2) is 0 Å². The standard InChI is InChI=1S/C23H41ClO/c1-16(2)17(3)22(25)19-8-6-10-21(23(4,5)15-7-9-19)18-11-13-20(24)14-12-18/h13,16-19,21-22,25H,6-12,14-15H2,1-5H3/t17-,18+,19?,21?,22-/m1/s1. The predicted octanol–water partition coefficient (Wildman–Crippen LogP) is 7.18. The van der Waals surface area contributed by atoms with Crippen molar-refractivity contribution in [2.75, 3.05) is 0 Å². The molecule has 1 N–H and O–H groups in total. The Morgan fingerprint density at radius 2 is 1.76 bits per heavy atom. The molecule has 2 aliphatic rings. The highest BCUT2D eigenvalue weighted by Crippen LogP contribution is 2.47. The van der Waals surface area contributed by atoms with E-state index >= 15 is 0 Å². The number of aliphatic hydroxyl groups excluding tert-OH is 1. The van der Waals surface area contributed by atoms with E-state index in [0.29, 0.717) is 23.2 Å². The zero-order valence-electron chi connectivity index (χ0n) is 17.2. The average Bonchev–Trinajstić information content (AvgIpc) is 2.63. The van der Waals surface area contributed by atoms with Crippen LogP contribution in [0.4, 0.5) is 0 Å². The lowest BCUT2D eigenvalue weighted by Crippen LogP contribution is -2.31. The van der Waals surface area contributed by atoms with Crippen molar-refractivity contribution in [3.63, 3.8) is 0 Å². The highest BCUT2D eigenvalue weighted by Gasteiger charge is 2.37. The normalized spacial score (nSPS) is 33.8. The molecule has 1 saturated carbocycles. The van der Waals surface area contributed by atoms with E-state index in [-0.39, 0.29) is 6.10 Å². The van der Waals surface area contributed by atoms with Crippen molar-refractivity contribution in [3.05, 3.63) is 11.1 Å². The van der Waals surface area contributed by atoms with Gasteiger partial charge in [0, 0.05) is 5.03 Å². The van der Waals surface area contributed by atoms with Crippen molar-refractivity contribution in [3.8, 4) is 0 Å². The maximum atomic E-state index is 10.9. The van der Waals surface area contributed by atoms with E-state index in [9.17, 15) is 5.11 Å². The molecule has 25 heavy (non-hydrogen) atoms. The molecule has 2 rings (SSSR count). The van der Waals surface area contributed by atoms with Gasteiger partial charge in [-0.05, 0) is 80.0 Å². The van der Waals surface area contributed by atoms with Crippen LogP contribution in [0.25, 0.3) is 0 Å². The van der Waals surface area contributed by atoms with E-state index in [0.717, 1.165) is 23.3 Å². The summed E-state index contributed by atoms with van der Waals surface area (Å²) in [7, 11) is 0. The van der Waals surface area contributed by atoms with Crippen LogP contribution in [0.2, 0.25) is 0 Å². The van der Waals surface area contributed by atoms with Crippen LogP contribution in [0.5, 0.6) is 0 Å². The molecule has 0 bridgehead atoms. The third kappa shape index (κ3) is 5.73. The molecule has 2 unspecified atom stereocenters. The summed E-state index contributed by atoms with van der Waals surface area (Å²) >= 11 is 6.22. The maximum Gasteiger partial charge on any atom is 0.0596 e. The fourth-order valence-electron chi connectivity index (χ4n) is 5.37. The van der Waals surface area contributed by atoms with Gasteiger partial charge in [-0.1, -0.05) is 65.1 Å². The summed E-state index contributed by atoms with van der Waals surface area (Å²) in [4.78, 5) is 0. The minimum atomic E-state index is -0.129. The van der Waals surface area contributed by atoms with Crippen LogP contribution in [0, 0.1) is 35.0 Å². The van der Waals surface area contributed by atoms with Crippen molar-refractivity contribution < 1.29 is 5.11 Å². The second-order valence-electron chi connectivity index (χ2n) is 9.96. The lowest BCUT2D eigenvalue weighted by Gasteiger charge is -2.41. The highest BCUT2D eigenvalue weighted by atomic mass is 35.5. The first-order valence-electron chi connectivity index (χ1n) is 10.7. The van der Waals surface area contributed by atoms with E-state index in [2.05, 4.69) is 40.7 Å². The van der Waals surface area contributed by atoms with Gasteiger partial charge in [0.1, 0.15) is 0 Å². The molecule has 0 aromatic rings. The van der Waals surface area contributed by atoms with Crippen molar-refractivity contribution in [2.45, 2.75) is 98.5 Å². The Morgan fingerprint density at radius 1 is 1.08 bits per heavy atom. The SMILES string of the molecule is CC(C)[C@@H](C)[C@@H](O)C1CCCC([C@H]2CC=C(Cl)CC2)C(C)(C)CCC1. The molecule has 146 valence electrons.